The number of rotatable bonds is 5. The normalized spacial score (nSPS) is 12.7. The highest BCUT2D eigenvalue weighted by atomic mass is 16.5. The van der Waals surface area contributed by atoms with Crippen molar-refractivity contribution in [1.29, 1.82) is 0 Å². The van der Waals surface area contributed by atoms with Crippen molar-refractivity contribution >= 4 is 5.91 Å². The Kier molecular flexibility index (Phi) is 4.44. The van der Waals surface area contributed by atoms with Crippen LogP contribution < -0.4 is 4.74 Å². The van der Waals surface area contributed by atoms with Crippen LogP contribution in [0.4, 0.5) is 0 Å². The van der Waals surface area contributed by atoms with Crippen molar-refractivity contribution in [3.8, 4) is 11.5 Å². The molecule has 1 N–H and O–H groups in total. The van der Waals surface area contributed by atoms with E-state index in [9.17, 15) is 9.90 Å². The second-order valence-corrected chi connectivity index (χ2v) is 5.41. The third-order valence-electron chi connectivity index (χ3n) is 3.96. The lowest BCUT2D eigenvalue weighted by Gasteiger charge is -2.31. The molecule has 1 aliphatic rings. The van der Waals surface area contributed by atoms with Gasteiger partial charge in [0.05, 0.1) is 12.5 Å². The zero-order valence-electron chi connectivity index (χ0n) is 12.8. The molecular weight excluding hydrogens is 290 g/mol. The van der Waals surface area contributed by atoms with E-state index in [0.717, 1.165) is 11.1 Å². The van der Waals surface area contributed by atoms with E-state index >= 15 is 0 Å². The molecule has 4 heteroatoms. The van der Waals surface area contributed by atoms with Crippen LogP contribution in [0.25, 0.3) is 0 Å². The van der Waals surface area contributed by atoms with E-state index in [-0.39, 0.29) is 19.1 Å². The predicted octanol–water partition coefficient (Wildman–Crippen LogP) is 2.93. The molecule has 0 aromatic heterocycles. The number of carbonyl (C=O) groups excluding carboxylic acids is 1. The van der Waals surface area contributed by atoms with Crippen molar-refractivity contribution in [3.63, 3.8) is 0 Å². The first-order valence-electron chi connectivity index (χ1n) is 7.62. The SMILES string of the molecule is C=CCN(CCO)C(=O)C1c2ccccc2Oc2ccccc21. The monoisotopic (exact) mass is 309 g/mol. The van der Waals surface area contributed by atoms with Crippen molar-refractivity contribution in [2.24, 2.45) is 0 Å². The lowest BCUT2D eigenvalue weighted by atomic mass is 9.87. The third kappa shape index (κ3) is 2.85. The van der Waals surface area contributed by atoms with Crippen LogP contribution in [0.5, 0.6) is 11.5 Å². The van der Waals surface area contributed by atoms with Gasteiger partial charge >= 0.3 is 0 Å². The summed E-state index contributed by atoms with van der Waals surface area (Å²) in [6.07, 6.45) is 1.67. The van der Waals surface area contributed by atoms with Gasteiger partial charge in [0.25, 0.3) is 0 Å². The van der Waals surface area contributed by atoms with Crippen LogP contribution in [0.15, 0.2) is 61.2 Å². The maximum Gasteiger partial charge on any atom is 0.235 e. The first-order chi connectivity index (χ1) is 11.3. The molecule has 0 saturated carbocycles. The Labute approximate surface area is 135 Å². The Balaban J connectivity index is 2.07. The predicted molar refractivity (Wildman–Crippen MR) is 88.7 cm³/mol. The van der Waals surface area contributed by atoms with Crippen LogP contribution in [0.3, 0.4) is 0 Å². The maximum atomic E-state index is 13.1. The fraction of sp³-hybridized carbons (Fsp3) is 0.211. The number of fused-ring (bicyclic) bond motifs is 2. The minimum atomic E-state index is -0.428. The molecular formula is C19H19NO3. The highest BCUT2D eigenvalue weighted by Crippen LogP contribution is 2.44. The van der Waals surface area contributed by atoms with E-state index in [1.165, 1.54) is 0 Å². The van der Waals surface area contributed by atoms with Gasteiger partial charge in [-0.15, -0.1) is 6.58 Å². The largest absolute Gasteiger partial charge is 0.457 e. The van der Waals surface area contributed by atoms with Crippen molar-refractivity contribution in [2.45, 2.75) is 5.92 Å². The topological polar surface area (TPSA) is 49.8 Å². The zero-order chi connectivity index (χ0) is 16.2. The average Bonchev–Trinajstić information content (AvgIpc) is 2.59. The lowest BCUT2D eigenvalue weighted by Crippen LogP contribution is -2.38. The number of hydrogen-bond donors (Lipinski definition) is 1. The first-order valence-corrected chi connectivity index (χ1v) is 7.62. The fourth-order valence-corrected chi connectivity index (χ4v) is 2.93. The number of nitrogens with zero attached hydrogens (tertiary/aromatic N) is 1. The molecule has 0 atom stereocenters. The standard InChI is InChI=1S/C19H19NO3/c1-2-11-20(12-13-21)19(22)18-14-7-3-5-9-16(14)23-17-10-6-4-8-15(17)18/h2-10,18,21H,1,11-13H2. The Morgan fingerprint density at radius 3 is 2.22 bits per heavy atom. The lowest BCUT2D eigenvalue weighted by molar-refractivity contribution is -0.132. The van der Waals surface area contributed by atoms with Gasteiger partial charge in [0, 0.05) is 24.2 Å². The molecule has 2 aromatic carbocycles. The molecule has 4 nitrogen and oxygen atoms in total. The molecule has 23 heavy (non-hydrogen) atoms. The third-order valence-corrected chi connectivity index (χ3v) is 3.96. The number of para-hydroxylation sites is 2. The molecule has 0 fully saturated rings. The second kappa shape index (κ2) is 6.67. The van der Waals surface area contributed by atoms with Gasteiger partial charge in [-0.2, -0.15) is 0 Å². The highest BCUT2D eigenvalue weighted by molar-refractivity contribution is 5.89. The van der Waals surface area contributed by atoms with Gasteiger partial charge in [0.1, 0.15) is 11.5 Å². The molecule has 0 bridgehead atoms. The molecule has 3 rings (SSSR count). The van der Waals surface area contributed by atoms with Crippen LogP contribution in [-0.2, 0) is 4.79 Å². The Morgan fingerprint density at radius 1 is 1.13 bits per heavy atom. The molecule has 0 spiro atoms. The summed E-state index contributed by atoms with van der Waals surface area (Å²) in [5, 5.41) is 9.25. The van der Waals surface area contributed by atoms with Gasteiger partial charge in [-0.05, 0) is 12.1 Å². The number of aliphatic hydroxyl groups excluding tert-OH is 1. The minimum absolute atomic E-state index is 0.0536. The van der Waals surface area contributed by atoms with Crippen LogP contribution in [-0.4, -0.2) is 35.6 Å². The highest BCUT2D eigenvalue weighted by Gasteiger charge is 2.34. The Bertz CT molecular complexity index is 681. The van der Waals surface area contributed by atoms with E-state index in [2.05, 4.69) is 6.58 Å². The summed E-state index contributed by atoms with van der Waals surface area (Å²) in [4.78, 5) is 14.7. The summed E-state index contributed by atoms with van der Waals surface area (Å²) in [6.45, 7) is 4.31. The molecule has 1 heterocycles. The van der Waals surface area contributed by atoms with E-state index in [1.807, 2.05) is 48.5 Å². The molecule has 0 saturated heterocycles. The van der Waals surface area contributed by atoms with E-state index in [4.69, 9.17) is 4.74 Å². The zero-order valence-corrected chi connectivity index (χ0v) is 12.8. The second-order valence-electron chi connectivity index (χ2n) is 5.41. The molecule has 2 aromatic rings. The van der Waals surface area contributed by atoms with Crippen molar-refractivity contribution < 1.29 is 14.6 Å². The summed E-state index contributed by atoms with van der Waals surface area (Å²) < 4.78 is 5.92. The van der Waals surface area contributed by atoms with Gasteiger partial charge in [0.2, 0.25) is 5.91 Å². The number of ether oxygens (including phenoxy) is 1. The van der Waals surface area contributed by atoms with Crippen LogP contribution in [0.2, 0.25) is 0 Å². The summed E-state index contributed by atoms with van der Waals surface area (Å²) >= 11 is 0. The molecule has 1 amide bonds. The minimum Gasteiger partial charge on any atom is -0.457 e. The number of hydrogen-bond acceptors (Lipinski definition) is 3. The fourth-order valence-electron chi connectivity index (χ4n) is 2.93. The molecule has 0 aliphatic carbocycles. The van der Waals surface area contributed by atoms with Crippen LogP contribution in [0.1, 0.15) is 17.0 Å². The van der Waals surface area contributed by atoms with Crippen molar-refractivity contribution in [1.82, 2.24) is 4.90 Å². The van der Waals surface area contributed by atoms with Gasteiger partial charge in [-0.1, -0.05) is 42.5 Å². The molecule has 0 radical (unpaired) electrons. The quantitative estimate of drug-likeness (QED) is 0.864. The number of benzene rings is 2. The van der Waals surface area contributed by atoms with Crippen molar-refractivity contribution in [3.05, 3.63) is 72.3 Å². The smallest absolute Gasteiger partial charge is 0.235 e. The van der Waals surface area contributed by atoms with Crippen LogP contribution >= 0.6 is 0 Å². The molecule has 0 unspecified atom stereocenters. The summed E-state index contributed by atoms with van der Waals surface area (Å²) in [5.74, 6) is 0.920. The van der Waals surface area contributed by atoms with E-state index < -0.39 is 5.92 Å². The van der Waals surface area contributed by atoms with Gasteiger partial charge in [-0.25, -0.2) is 0 Å². The Morgan fingerprint density at radius 2 is 1.70 bits per heavy atom. The summed E-state index contributed by atoms with van der Waals surface area (Å²) in [7, 11) is 0. The van der Waals surface area contributed by atoms with Crippen LogP contribution in [0, 0.1) is 0 Å². The summed E-state index contributed by atoms with van der Waals surface area (Å²) in [5.41, 5.74) is 1.70. The first kappa shape index (κ1) is 15.3. The number of amides is 1. The van der Waals surface area contributed by atoms with Gasteiger partial charge < -0.3 is 14.7 Å². The molecule has 118 valence electrons. The van der Waals surface area contributed by atoms with Crippen molar-refractivity contribution in [2.75, 3.05) is 19.7 Å². The van der Waals surface area contributed by atoms with Gasteiger partial charge in [-0.3, -0.25) is 4.79 Å². The average molecular weight is 309 g/mol. The number of carbonyl (C=O) groups is 1. The molecule has 1 aliphatic heterocycles. The van der Waals surface area contributed by atoms with E-state index in [0.29, 0.717) is 18.0 Å². The summed E-state index contributed by atoms with van der Waals surface area (Å²) in [6, 6.07) is 15.2. The Hall–Kier alpha value is -2.59. The maximum absolute atomic E-state index is 13.1. The van der Waals surface area contributed by atoms with E-state index in [1.54, 1.807) is 11.0 Å². The van der Waals surface area contributed by atoms with Gasteiger partial charge in [0.15, 0.2) is 0 Å². The number of aliphatic hydroxyl groups is 1.